The summed E-state index contributed by atoms with van der Waals surface area (Å²) in [6, 6.07) is 5.35. The smallest absolute Gasteiger partial charge is 0.306 e. The van der Waals surface area contributed by atoms with Gasteiger partial charge in [-0.25, -0.2) is 0 Å². The van der Waals surface area contributed by atoms with Gasteiger partial charge in [0.25, 0.3) is 0 Å². The Hall–Kier alpha value is -1.64. The Labute approximate surface area is 133 Å². The van der Waals surface area contributed by atoms with Crippen molar-refractivity contribution < 1.29 is 10.0 Å². The van der Waals surface area contributed by atoms with Gasteiger partial charge in [0.1, 0.15) is 12.4 Å². The number of aromatic nitrogens is 2. The number of hydrogen-bond donors (Lipinski definition) is 2. The van der Waals surface area contributed by atoms with Gasteiger partial charge in [-0.05, 0) is 18.2 Å². The van der Waals surface area contributed by atoms with E-state index in [9.17, 15) is 15.2 Å². The van der Waals surface area contributed by atoms with Gasteiger partial charge in [0.05, 0.1) is 28.3 Å². The van der Waals surface area contributed by atoms with Crippen LogP contribution in [0.25, 0.3) is 0 Å². The Kier molecular flexibility index (Phi) is 5.16. The molecule has 0 aliphatic rings. The molecule has 0 radical (unpaired) electrons. The maximum Gasteiger partial charge on any atom is 0.306 e. The summed E-state index contributed by atoms with van der Waals surface area (Å²) in [7, 11) is 0. The third-order valence-electron chi connectivity index (χ3n) is 2.68. The Morgan fingerprint density at radius 1 is 1.57 bits per heavy atom. The molecule has 1 heterocycles. The first kappa shape index (κ1) is 15.7. The van der Waals surface area contributed by atoms with Gasteiger partial charge in [-0.3, -0.25) is 14.8 Å². The van der Waals surface area contributed by atoms with Crippen molar-refractivity contribution in [1.82, 2.24) is 9.78 Å². The summed E-state index contributed by atoms with van der Waals surface area (Å²) in [5, 5.41) is 27.8. The van der Waals surface area contributed by atoms with E-state index in [0.29, 0.717) is 10.7 Å². The normalized spacial score (nSPS) is 12.1. The van der Waals surface area contributed by atoms with Crippen molar-refractivity contribution in [3.63, 3.8) is 0 Å². The van der Waals surface area contributed by atoms with Crippen LogP contribution in [0.1, 0.15) is 0 Å². The number of hydrogen-bond acceptors (Lipinski definition) is 5. The lowest BCUT2D eigenvalue weighted by Crippen LogP contribution is -2.25. The fourth-order valence-electron chi connectivity index (χ4n) is 1.69. The zero-order valence-electron chi connectivity index (χ0n) is 10.7. The van der Waals surface area contributed by atoms with Crippen LogP contribution in [-0.4, -0.2) is 32.5 Å². The Morgan fingerprint density at radius 2 is 2.33 bits per heavy atom. The predicted molar refractivity (Wildman–Crippen MR) is 82.5 cm³/mol. The van der Waals surface area contributed by atoms with E-state index in [1.807, 2.05) is 6.07 Å². The highest BCUT2D eigenvalue weighted by molar-refractivity contribution is 9.10. The van der Waals surface area contributed by atoms with E-state index in [1.165, 1.54) is 10.9 Å². The lowest BCUT2D eigenvalue weighted by Gasteiger charge is -2.14. The highest BCUT2D eigenvalue weighted by atomic mass is 79.9. The van der Waals surface area contributed by atoms with Crippen molar-refractivity contribution in [3.8, 4) is 0 Å². The minimum absolute atomic E-state index is 0.106. The number of nitro groups is 1. The second-order valence-corrected chi connectivity index (χ2v) is 5.66. The van der Waals surface area contributed by atoms with E-state index < -0.39 is 11.0 Å². The molecule has 0 spiro atoms. The minimum atomic E-state index is -0.764. The molecule has 2 rings (SSSR count). The lowest BCUT2D eigenvalue weighted by molar-refractivity contribution is -0.385. The monoisotopic (exact) mass is 374 g/mol. The van der Waals surface area contributed by atoms with Crippen LogP contribution in [0, 0.1) is 10.1 Å². The zero-order chi connectivity index (χ0) is 15.4. The molecule has 112 valence electrons. The van der Waals surface area contributed by atoms with Gasteiger partial charge in [0, 0.05) is 11.0 Å². The van der Waals surface area contributed by atoms with Crippen molar-refractivity contribution in [2.45, 2.75) is 12.6 Å². The van der Waals surface area contributed by atoms with Crippen LogP contribution in [0.3, 0.4) is 0 Å². The number of aliphatic hydroxyl groups is 1. The van der Waals surface area contributed by atoms with Crippen LogP contribution in [0.5, 0.6) is 0 Å². The van der Waals surface area contributed by atoms with Crippen molar-refractivity contribution in [2.75, 3.05) is 11.9 Å². The second kappa shape index (κ2) is 6.88. The molecule has 1 aromatic carbocycles. The number of aliphatic hydroxyl groups excluding tert-OH is 1. The van der Waals surface area contributed by atoms with Crippen molar-refractivity contribution in [3.05, 3.63) is 50.2 Å². The molecule has 0 bridgehead atoms. The molecule has 0 amide bonds. The van der Waals surface area contributed by atoms with Gasteiger partial charge in [-0.1, -0.05) is 27.5 Å². The largest absolute Gasteiger partial charge is 0.389 e. The summed E-state index contributed by atoms with van der Waals surface area (Å²) in [5.41, 5.74) is 0.585. The quantitative estimate of drug-likeness (QED) is 0.598. The molecular weight excluding hydrogens is 364 g/mol. The fraction of sp³-hybridized carbons (Fsp3) is 0.250. The topological polar surface area (TPSA) is 93.2 Å². The molecule has 0 aliphatic carbocycles. The maximum atomic E-state index is 10.5. The minimum Gasteiger partial charge on any atom is -0.389 e. The molecular formula is C12H12BrClN4O3. The molecule has 0 fully saturated rings. The van der Waals surface area contributed by atoms with Gasteiger partial charge in [-0.2, -0.15) is 5.10 Å². The Morgan fingerprint density at radius 3 is 3.00 bits per heavy atom. The lowest BCUT2D eigenvalue weighted by atomic mass is 10.3. The maximum absolute atomic E-state index is 10.5. The van der Waals surface area contributed by atoms with Crippen LogP contribution < -0.4 is 5.32 Å². The van der Waals surface area contributed by atoms with Gasteiger partial charge < -0.3 is 10.4 Å². The number of nitrogens with one attached hydrogen (secondary N) is 1. The predicted octanol–water partition coefficient (Wildman–Crippen LogP) is 2.68. The molecule has 9 heteroatoms. The van der Waals surface area contributed by atoms with E-state index in [2.05, 4.69) is 26.3 Å². The number of rotatable bonds is 6. The van der Waals surface area contributed by atoms with Gasteiger partial charge in [-0.15, -0.1) is 0 Å². The van der Waals surface area contributed by atoms with E-state index in [-0.39, 0.29) is 18.8 Å². The average molecular weight is 376 g/mol. The zero-order valence-corrected chi connectivity index (χ0v) is 13.1. The summed E-state index contributed by atoms with van der Waals surface area (Å²) in [6.45, 7) is 0.385. The fourth-order valence-corrected chi connectivity index (χ4v) is 2.23. The summed E-state index contributed by atoms with van der Waals surface area (Å²) >= 11 is 9.35. The van der Waals surface area contributed by atoms with E-state index in [1.54, 1.807) is 12.1 Å². The standard InChI is InChI=1S/C12H12BrClN4O3/c13-8-1-2-11(14)12(3-8)15-5-10(19)7-17-6-9(4-16-17)18(20)21/h1-4,6,10,15,19H,5,7H2. The summed E-state index contributed by atoms with van der Waals surface area (Å²) in [5.74, 6) is 0. The van der Waals surface area contributed by atoms with Gasteiger partial charge >= 0.3 is 5.69 Å². The SMILES string of the molecule is O=[N+]([O-])c1cnn(CC(O)CNc2cc(Br)ccc2Cl)c1. The molecule has 0 aliphatic heterocycles. The molecule has 1 aromatic heterocycles. The molecule has 21 heavy (non-hydrogen) atoms. The van der Waals surface area contributed by atoms with Crippen LogP contribution in [0.15, 0.2) is 35.1 Å². The summed E-state index contributed by atoms with van der Waals surface area (Å²) in [6.07, 6.45) is 1.65. The Bertz CT molecular complexity index is 649. The van der Waals surface area contributed by atoms with Crippen LogP contribution >= 0.6 is 27.5 Å². The van der Waals surface area contributed by atoms with Crippen molar-refractivity contribution in [1.29, 1.82) is 0 Å². The Balaban J connectivity index is 1.90. The number of halogens is 2. The van der Waals surface area contributed by atoms with Crippen LogP contribution in [0.4, 0.5) is 11.4 Å². The molecule has 2 aromatic rings. The first-order chi connectivity index (χ1) is 9.95. The number of anilines is 1. The number of nitrogens with zero attached hydrogens (tertiary/aromatic N) is 3. The van der Waals surface area contributed by atoms with Gasteiger partial charge in [0.15, 0.2) is 0 Å². The molecule has 1 atom stereocenters. The van der Waals surface area contributed by atoms with Crippen molar-refractivity contribution >= 4 is 38.9 Å². The third-order valence-corrected chi connectivity index (χ3v) is 3.51. The van der Waals surface area contributed by atoms with E-state index in [4.69, 9.17) is 11.6 Å². The van der Waals surface area contributed by atoms with Crippen molar-refractivity contribution in [2.24, 2.45) is 0 Å². The third kappa shape index (κ3) is 4.42. The molecule has 7 nitrogen and oxygen atoms in total. The molecule has 2 N–H and O–H groups in total. The van der Waals surface area contributed by atoms with Crippen LogP contribution in [-0.2, 0) is 6.54 Å². The highest BCUT2D eigenvalue weighted by Crippen LogP contribution is 2.25. The first-order valence-corrected chi connectivity index (χ1v) is 7.16. The van der Waals surface area contributed by atoms with Gasteiger partial charge in [0.2, 0.25) is 0 Å². The molecule has 0 saturated heterocycles. The average Bonchev–Trinajstić information content (AvgIpc) is 2.88. The summed E-state index contributed by atoms with van der Waals surface area (Å²) in [4.78, 5) is 10.0. The second-order valence-electron chi connectivity index (χ2n) is 4.34. The first-order valence-electron chi connectivity index (χ1n) is 5.99. The molecule has 1 unspecified atom stereocenters. The summed E-state index contributed by atoms with van der Waals surface area (Å²) < 4.78 is 2.19. The molecule has 0 saturated carbocycles. The van der Waals surface area contributed by atoms with E-state index in [0.717, 1.165) is 10.7 Å². The van der Waals surface area contributed by atoms with Crippen LogP contribution in [0.2, 0.25) is 5.02 Å². The highest BCUT2D eigenvalue weighted by Gasteiger charge is 2.12. The number of benzene rings is 1. The van der Waals surface area contributed by atoms with E-state index >= 15 is 0 Å².